The largest absolute Gasteiger partial charge is 0.310 e. The molecule has 1 amide bonds. The van der Waals surface area contributed by atoms with Crippen molar-refractivity contribution in [2.45, 2.75) is 13.8 Å². The van der Waals surface area contributed by atoms with E-state index in [1.54, 1.807) is 50.3 Å². The van der Waals surface area contributed by atoms with E-state index in [-0.39, 0.29) is 11.5 Å². The summed E-state index contributed by atoms with van der Waals surface area (Å²) in [6.07, 6.45) is 1.71. The van der Waals surface area contributed by atoms with Crippen molar-refractivity contribution in [1.82, 2.24) is 9.97 Å². The molecule has 2 heterocycles. The summed E-state index contributed by atoms with van der Waals surface area (Å²) in [5, 5.41) is 1.05. The SMILES string of the molecule is CC1=N/C(=C/c2ccc(Cl)cc2)C(=O)N1c1ccc2nc(C)[nH]c(=O)c2c1. The van der Waals surface area contributed by atoms with Crippen molar-refractivity contribution >= 4 is 46.0 Å². The van der Waals surface area contributed by atoms with Crippen molar-refractivity contribution in [2.75, 3.05) is 4.90 Å². The van der Waals surface area contributed by atoms with E-state index in [0.29, 0.717) is 39.0 Å². The fourth-order valence-electron chi connectivity index (χ4n) is 3.03. The molecule has 0 atom stereocenters. The average molecular weight is 379 g/mol. The highest BCUT2D eigenvalue weighted by Gasteiger charge is 2.29. The van der Waals surface area contributed by atoms with Crippen molar-refractivity contribution < 1.29 is 4.79 Å². The molecule has 0 radical (unpaired) electrons. The average Bonchev–Trinajstić information content (AvgIpc) is 2.90. The van der Waals surface area contributed by atoms with Gasteiger partial charge in [0, 0.05) is 5.02 Å². The Bertz CT molecular complexity index is 1190. The molecule has 0 saturated heterocycles. The molecule has 4 rings (SSSR count). The van der Waals surface area contributed by atoms with E-state index in [1.165, 1.54) is 4.90 Å². The van der Waals surface area contributed by atoms with Gasteiger partial charge in [0.2, 0.25) is 0 Å². The van der Waals surface area contributed by atoms with Gasteiger partial charge in [-0.25, -0.2) is 9.98 Å². The van der Waals surface area contributed by atoms with Crippen molar-refractivity contribution in [1.29, 1.82) is 0 Å². The number of aromatic nitrogens is 2. The van der Waals surface area contributed by atoms with Gasteiger partial charge in [-0.15, -0.1) is 0 Å². The van der Waals surface area contributed by atoms with Gasteiger partial charge in [0.25, 0.3) is 11.5 Å². The van der Waals surface area contributed by atoms with Crippen LogP contribution in [0.4, 0.5) is 5.69 Å². The number of carbonyl (C=O) groups is 1. The number of nitrogens with zero attached hydrogens (tertiary/aromatic N) is 3. The highest BCUT2D eigenvalue weighted by Crippen LogP contribution is 2.27. The van der Waals surface area contributed by atoms with Gasteiger partial charge < -0.3 is 4.98 Å². The van der Waals surface area contributed by atoms with Crippen LogP contribution in [0.15, 0.2) is 57.9 Å². The Balaban J connectivity index is 1.74. The highest BCUT2D eigenvalue weighted by molar-refractivity contribution is 6.30. The number of aromatic amines is 1. The molecule has 27 heavy (non-hydrogen) atoms. The molecule has 0 bridgehead atoms. The van der Waals surface area contributed by atoms with Gasteiger partial charge in [-0.2, -0.15) is 0 Å². The molecule has 0 aliphatic carbocycles. The predicted molar refractivity (Wildman–Crippen MR) is 107 cm³/mol. The number of amidine groups is 1. The summed E-state index contributed by atoms with van der Waals surface area (Å²) in [5.74, 6) is 0.831. The molecular weight excluding hydrogens is 364 g/mol. The summed E-state index contributed by atoms with van der Waals surface area (Å²) >= 11 is 5.90. The van der Waals surface area contributed by atoms with E-state index >= 15 is 0 Å². The monoisotopic (exact) mass is 378 g/mol. The molecule has 0 unspecified atom stereocenters. The van der Waals surface area contributed by atoms with Crippen LogP contribution in [-0.4, -0.2) is 21.7 Å². The van der Waals surface area contributed by atoms with Crippen molar-refractivity contribution in [3.63, 3.8) is 0 Å². The number of aryl methyl sites for hydroxylation is 1. The Kier molecular flexibility index (Phi) is 4.12. The van der Waals surface area contributed by atoms with Crippen LogP contribution < -0.4 is 10.5 Å². The second kappa shape index (κ2) is 6.48. The van der Waals surface area contributed by atoms with Crippen molar-refractivity contribution in [3.05, 3.63) is 74.9 Å². The minimum atomic E-state index is -0.252. The molecule has 134 valence electrons. The second-order valence-electron chi connectivity index (χ2n) is 6.23. The Morgan fingerprint density at radius 2 is 1.81 bits per heavy atom. The first kappa shape index (κ1) is 17.2. The molecule has 1 aromatic heterocycles. The summed E-state index contributed by atoms with van der Waals surface area (Å²) in [6, 6.07) is 12.3. The van der Waals surface area contributed by atoms with Crippen LogP contribution in [0.5, 0.6) is 0 Å². The molecule has 1 aliphatic heterocycles. The molecular formula is C20H15ClN4O2. The first-order valence-corrected chi connectivity index (χ1v) is 8.68. The van der Waals surface area contributed by atoms with Gasteiger partial charge in [-0.3, -0.25) is 14.5 Å². The minimum absolute atomic E-state index is 0.238. The Morgan fingerprint density at radius 1 is 1.07 bits per heavy atom. The van der Waals surface area contributed by atoms with E-state index in [9.17, 15) is 9.59 Å². The third-order valence-electron chi connectivity index (χ3n) is 4.27. The first-order chi connectivity index (χ1) is 12.9. The van der Waals surface area contributed by atoms with Crippen LogP contribution in [0.1, 0.15) is 18.3 Å². The van der Waals surface area contributed by atoms with E-state index in [1.807, 2.05) is 12.1 Å². The normalized spacial score (nSPS) is 15.7. The zero-order valence-electron chi connectivity index (χ0n) is 14.7. The maximum Gasteiger partial charge on any atom is 0.282 e. The Labute approximate surface area is 159 Å². The predicted octanol–water partition coefficient (Wildman–Crippen LogP) is 3.69. The van der Waals surface area contributed by atoms with Crippen molar-refractivity contribution in [3.8, 4) is 0 Å². The van der Waals surface area contributed by atoms with E-state index < -0.39 is 0 Å². The highest BCUT2D eigenvalue weighted by atomic mass is 35.5. The third kappa shape index (κ3) is 3.15. The molecule has 7 heteroatoms. The lowest BCUT2D eigenvalue weighted by molar-refractivity contribution is -0.113. The van der Waals surface area contributed by atoms with Crippen LogP contribution in [0.25, 0.3) is 17.0 Å². The van der Waals surface area contributed by atoms with Crippen LogP contribution >= 0.6 is 11.6 Å². The molecule has 1 N–H and O–H groups in total. The summed E-state index contributed by atoms with van der Waals surface area (Å²) in [6.45, 7) is 3.48. The van der Waals surface area contributed by atoms with Gasteiger partial charge in [0.15, 0.2) is 0 Å². The number of hydrogen-bond donors (Lipinski definition) is 1. The Hall–Kier alpha value is -3.25. The fourth-order valence-corrected chi connectivity index (χ4v) is 3.16. The summed E-state index contributed by atoms with van der Waals surface area (Å²) in [7, 11) is 0. The molecule has 3 aromatic rings. The third-order valence-corrected chi connectivity index (χ3v) is 4.52. The number of hydrogen-bond acceptors (Lipinski definition) is 4. The summed E-state index contributed by atoms with van der Waals surface area (Å²) in [4.78, 5) is 37.9. The maximum atomic E-state index is 12.9. The minimum Gasteiger partial charge on any atom is -0.310 e. The van der Waals surface area contributed by atoms with Gasteiger partial charge in [0.1, 0.15) is 17.4 Å². The number of carbonyl (C=O) groups excluding carboxylic acids is 1. The number of rotatable bonds is 2. The lowest BCUT2D eigenvalue weighted by atomic mass is 10.1. The van der Waals surface area contributed by atoms with Gasteiger partial charge in [-0.1, -0.05) is 23.7 Å². The number of nitrogens with one attached hydrogen (secondary N) is 1. The lowest BCUT2D eigenvalue weighted by Gasteiger charge is -2.16. The zero-order valence-corrected chi connectivity index (χ0v) is 15.4. The van der Waals surface area contributed by atoms with Crippen molar-refractivity contribution in [2.24, 2.45) is 4.99 Å². The van der Waals surface area contributed by atoms with E-state index in [4.69, 9.17) is 11.6 Å². The number of amides is 1. The van der Waals surface area contributed by atoms with Gasteiger partial charge in [0.05, 0.1) is 16.6 Å². The van der Waals surface area contributed by atoms with Crippen LogP contribution in [-0.2, 0) is 4.79 Å². The number of H-pyrrole nitrogens is 1. The number of anilines is 1. The fraction of sp³-hybridized carbons (Fsp3) is 0.100. The molecule has 0 fully saturated rings. The van der Waals surface area contributed by atoms with E-state index in [0.717, 1.165) is 5.56 Å². The zero-order chi connectivity index (χ0) is 19.1. The number of fused-ring (bicyclic) bond motifs is 1. The topological polar surface area (TPSA) is 78.4 Å². The van der Waals surface area contributed by atoms with Crippen LogP contribution in [0.2, 0.25) is 5.02 Å². The molecule has 2 aromatic carbocycles. The lowest BCUT2D eigenvalue weighted by Crippen LogP contribution is -2.30. The molecule has 1 aliphatic rings. The second-order valence-corrected chi connectivity index (χ2v) is 6.67. The van der Waals surface area contributed by atoms with Crippen LogP contribution in [0, 0.1) is 6.92 Å². The quantitative estimate of drug-likeness (QED) is 0.691. The smallest absolute Gasteiger partial charge is 0.282 e. The summed E-state index contributed by atoms with van der Waals surface area (Å²) < 4.78 is 0. The van der Waals surface area contributed by atoms with Gasteiger partial charge >= 0.3 is 0 Å². The number of halogens is 1. The standard InChI is InChI=1S/C20H15ClN4O2/c1-11-22-17-8-7-15(10-16(17)19(26)23-11)25-12(2)24-18(20(25)27)9-13-3-5-14(21)6-4-13/h3-10H,1-2H3,(H,22,23,26)/b18-9+. The first-order valence-electron chi connectivity index (χ1n) is 8.30. The molecule has 0 saturated carbocycles. The Morgan fingerprint density at radius 3 is 2.56 bits per heavy atom. The summed E-state index contributed by atoms with van der Waals surface area (Å²) in [5.41, 5.74) is 2.07. The number of aliphatic imine (C=N–C) groups is 1. The van der Waals surface area contributed by atoms with Crippen LogP contribution in [0.3, 0.4) is 0 Å². The number of benzene rings is 2. The van der Waals surface area contributed by atoms with Gasteiger partial charge in [-0.05, 0) is 55.8 Å². The molecule has 0 spiro atoms. The maximum absolute atomic E-state index is 12.9. The molecule has 6 nitrogen and oxygen atoms in total. The van der Waals surface area contributed by atoms with E-state index in [2.05, 4.69) is 15.0 Å².